The zero-order valence-electron chi connectivity index (χ0n) is 14.5. The van der Waals surface area contributed by atoms with E-state index in [4.69, 9.17) is 9.47 Å². The van der Waals surface area contributed by atoms with Gasteiger partial charge in [-0.05, 0) is 26.0 Å². The maximum atomic E-state index is 13.0. The SMILES string of the molecule is CCOC(=O)C1=Cc2sc3c(c2S1(=O)=O)S(=O)(=O)c1cc(C(=O)OCC)sc1-3. The normalized spacial score (nSPS) is 17.4. The van der Waals surface area contributed by atoms with Gasteiger partial charge in [0.1, 0.15) is 14.7 Å². The number of ether oxygens (including phenoxy) is 2. The second-order valence-electron chi connectivity index (χ2n) is 5.71. The van der Waals surface area contributed by atoms with Gasteiger partial charge in [-0.1, -0.05) is 0 Å². The van der Waals surface area contributed by atoms with Gasteiger partial charge in [-0.2, -0.15) is 0 Å². The Balaban J connectivity index is 1.90. The first-order valence-electron chi connectivity index (χ1n) is 8.01. The van der Waals surface area contributed by atoms with Gasteiger partial charge in [0.15, 0.2) is 4.91 Å². The van der Waals surface area contributed by atoms with Gasteiger partial charge in [-0.3, -0.25) is 0 Å². The molecule has 0 aliphatic carbocycles. The number of hydrogen-bond acceptors (Lipinski definition) is 10. The standard InChI is InChI=1S/C16H12O8S4/c1-3-23-15(17)8-6-9-11(26-8)12-14(27(9,19)20)13-7(25-12)5-10(28(13,21)22)16(18)24-4-2/h5-6H,3-4H2,1-2H3. The van der Waals surface area contributed by atoms with Crippen LogP contribution >= 0.6 is 22.7 Å². The van der Waals surface area contributed by atoms with E-state index in [1.807, 2.05) is 0 Å². The van der Waals surface area contributed by atoms with Gasteiger partial charge in [0.25, 0.3) is 0 Å². The number of hydrogen-bond donors (Lipinski definition) is 0. The van der Waals surface area contributed by atoms with E-state index in [1.165, 1.54) is 13.0 Å². The van der Waals surface area contributed by atoms with Crippen LogP contribution in [0.15, 0.2) is 25.7 Å². The Morgan fingerprint density at radius 2 is 1.54 bits per heavy atom. The van der Waals surface area contributed by atoms with Gasteiger partial charge in [0.05, 0.1) is 27.9 Å². The Kier molecular flexibility index (Phi) is 4.30. The van der Waals surface area contributed by atoms with Crippen molar-refractivity contribution >= 4 is 60.4 Å². The van der Waals surface area contributed by atoms with Crippen LogP contribution in [-0.2, 0) is 33.9 Å². The molecule has 4 rings (SSSR count). The van der Waals surface area contributed by atoms with Gasteiger partial charge >= 0.3 is 11.9 Å². The lowest BCUT2D eigenvalue weighted by molar-refractivity contribution is -0.137. The molecule has 2 aliphatic heterocycles. The lowest BCUT2D eigenvalue weighted by Gasteiger charge is -2.04. The van der Waals surface area contributed by atoms with E-state index in [2.05, 4.69) is 0 Å². The fraction of sp³-hybridized carbons (Fsp3) is 0.250. The van der Waals surface area contributed by atoms with Crippen molar-refractivity contribution in [3.05, 3.63) is 20.7 Å². The molecule has 0 atom stereocenters. The van der Waals surface area contributed by atoms with Crippen molar-refractivity contribution in [3.63, 3.8) is 0 Å². The molecule has 12 heteroatoms. The zero-order valence-corrected chi connectivity index (χ0v) is 17.7. The number of carbonyl (C=O) groups is 2. The summed E-state index contributed by atoms with van der Waals surface area (Å²) in [4.78, 5) is 23.3. The molecule has 0 bridgehead atoms. The van der Waals surface area contributed by atoms with Crippen molar-refractivity contribution in [2.75, 3.05) is 13.2 Å². The summed E-state index contributed by atoms with van der Waals surface area (Å²) in [5.74, 6) is -1.66. The molecule has 0 N–H and O–H groups in total. The summed E-state index contributed by atoms with van der Waals surface area (Å²) in [5, 5.41) is 0. The molecule has 2 aliphatic rings. The quantitative estimate of drug-likeness (QED) is 0.545. The summed E-state index contributed by atoms with van der Waals surface area (Å²) in [6.07, 6.45) is 1.14. The summed E-state index contributed by atoms with van der Waals surface area (Å²) in [5.41, 5.74) is 0. The van der Waals surface area contributed by atoms with Crippen LogP contribution in [0.3, 0.4) is 0 Å². The third-order valence-electron chi connectivity index (χ3n) is 4.08. The van der Waals surface area contributed by atoms with E-state index >= 15 is 0 Å². The first-order valence-corrected chi connectivity index (χ1v) is 12.6. The largest absolute Gasteiger partial charge is 0.462 e. The predicted octanol–water partition coefficient (Wildman–Crippen LogP) is 2.49. The van der Waals surface area contributed by atoms with Gasteiger partial charge in [0, 0.05) is 4.88 Å². The van der Waals surface area contributed by atoms with E-state index < -0.39 is 41.4 Å². The van der Waals surface area contributed by atoms with Crippen molar-refractivity contribution in [2.24, 2.45) is 0 Å². The minimum Gasteiger partial charge on any atom is -0.462 e. The highest BCUT2D eigenvalue weighted by atomic mass is 32.2. The average Bonchev–Trinajstić information content (AvgIpc) is 3.30. The van der Waals surface area contributed by atoms with E-state index in [0.29, 0.717) is 4.88 Å². The molecule has 0 radical (unpaired) electrons. The summed E-state index contributed by atoms with van der Waals surface area (Å²) < 4.78 is 61.4. The Morgan fingerprint density at radius 3 is 2.18 bits per heavy atom. The highest BCUT2D eigenvalue weighted by Crippen LogP contribution is 2.57. The molecule has 148 valence electrons. The molecular formula is C16H12O8S4. The molecule has 4 heterocycles. The van der Waals surface area contributed by atoms with Crippen molar-refractivity contribution in [1.82, 2.24) is 0 Å². The topological polar surface area (TPSA) is 121 Å². The van der Waals surface area contributed by atoms with Crippen LogP contribution in [0, 0.1) is 0 Å². The Morgan fingerprint density at radius 1 is 0.893 bits per heavy atom. The molecule has 0 saturated heterocycles. The van der Waals surface area contributed by atoms with Gasteiger partial charge in [-0.15, -0.1) is 22.7 Å². The molecule has 0 aromatic carbocycles. The zero-order chi connectivity index (χ0) is 20.4. The first-order chi connectivity index (χ1) is 13.1. The third-order valence-corrected chi connectivity index (χ3v) is 10.7. The molecular weight excluding hydrogens is 448 g/mol. The maximum absolute atomic E-state index is 13.0. The van der Waals surface area contributed by atoms with Crippen LogP contribution in [0.4, 0.5) is 0 Å². The molecule has 0 amide bonds. The second-order valence-corrected chi connectivity index (χ2v) is 11.5. The number of sulfone groups is 2. The average molecular weight is 461 g/mol. The Bertz CT molecular complexity index is 1290. The van der Waals surface area contributed by atoms with Gasteiger partial charge in [0.2, 0.25) is 19.7 Å². The molecule has 0 unspecified atom stereocenters. The van der Waals surface area contributed by atoms with E-state index in [-0.39, 0.29) is 37.6 Å². The number of fused-ring (bicyclic) bond motifs is 5. The molecule has 0 spiro atoms. The highest BCUT2D eigenvalue weighted by Gasteiger charge is 2.49. The van der Waals surface area contributed by atoms with Crippen molar-refractivity contribution in [3.8, 4) is 9.75 Å². The van der Waals surface area contributed by atoms with Crippen molar-refractivity contribution < 1.29 is 35.9 Å². The molecule has 2 aromatic heterocycles. The van der Waals surface area contributed by atoms with Crippen LogP contribution in [0.25, 0.3) is 15.8 Å². The third kappa shape index (κ3) is 2.44. The number of esters is 2. The van der Waals surface area contributed by atoms with E-state index in [1.54, 1.807) is 6.92 Å². The predicted molar refractivity (Wildman–Crippen MR) is 101 cm³/mol. The second kappa shape index (κ2) is 6.24. The summed E-state index contributed by atoms with van der Waals surface area (Å²) in [6.45, 7) is 3.31. The summed E-state index contributed by atoms with van der Waals surface area (Å²) in [6, 6.07) is 1.20. The van der Waals surface area contributed by atoms with E-state index in [9.17, 15) is 26.4 Å². The van der Waals surface area contributed by atoms with Gasteiger partial charge in [-0.25, -0.2) is 26.4 Å². The molecule has 0 saturated carbocycles. The van der Waals surface area contributed by atoms with Crippen LogP contribution < -0.4 is 0 Å². The highest BCUT2D eigenvalue weighted by molar-refractivity contribution is 7.98. The van der Waals surface area contributed by atoms with Crippen molar-refractivity contribution in [1.29, 1.82) is 0 Å². The number of carbonyl (C=O) groups excluding carboxylic acids is 2. The maximum Gasteiger partial charge on any atom is 0.350 e. The molecule has 8 nitrogen and oxygen atoms in total. The summed E-state index contributed by atoms with van der Waals surface area (Å²) >= 11 is 1.89. The molecule has 28 heavy (non-hydrogen) atoms. The molecule has 0 fully saturated rings. The molecule has 2 aromatic rings. The number of thiophene rings is 2. The van der Waals surface area contributed by atoms with Gasteiger partial charge < -0.3 is 9.47 Å². The Hall–Kier alpha value is -2.02. The fourth-order valence-electron chi connectivity index (χ4n) is 2.98. The number of rotatable bonds is 4. The van der Waals surface area contributed by atoms with Crippen LogP contribution in [0.1, 0.15) is 28.4 Å². The summed E-state index contributed by atoms with van der Waals surface area (Å²) in [7, 11) is -8.48. The lowest BCUT2D eigenvalue weighted by Crippen LogP contribution is -2.15. The minimum absolute atomic E-state index is 0.0102. The van der Waals surface area contributed by atoms with E-state index in [0.717, 1.165) is 28.7 Å². The van der Waals surface area contributed by atoms with Crippen LogP contribution in [0.5, 0.6) is 0 Å². The first kappa shape index (κ1) is 19.3. The smallest absolute Gasteiger partial charge is 0.350 e. The van der Waals surface area contributed by atoms with Crippen LogP contribution in [0.2, 0.25) is 0 Å². The fourth-order valence-corrected chi connectivity index (χ4v) is 10.5. The lowest BCUT2D eigenvalue weighted by atomic mass is 10.3. The monoisotopic (exact) mass is 460 g/mol. The van der Waals surface area contributed by atoms with Crippen LogP contribution in [-0.4, -0.2) is 42.0 Å². The Labute approximate surface area is 168 Å². The van der Waals surface area contributed by atoms with Crippen molar-refractivity contribution in [2.45, 2.75) is 28.5 Å². The minimum atomic E-state index is -4.32.